The van der Waals surface area contributed by atoms with Crippen molar-refractivity contribution >= 4 is 56.7 Å². The van der Waals surface area contributed by atoms with E-state index in [2.05, 4.69) is 30.6 Å². The SMILES string of the molecule is C.CN(C)CCO.COc1cc(F)c([N+](=O)[O-])cc1Nc1ncc2cc(Oc3ccc(F)cc3F)c(=O)n(C)c2n1.COc1cc(OCCN(C)C)c([N+](=O)[O-])cc1Nc1ncc2cc(Oc3ccc(F)cc3F)c(=O)n(C)c2n1. The summed E-state index contributed by atoms with van der Waals surface area (Å²) in [6.45, 7) is 1.80. The van der Waals surface area contributed by atoms with Crippen LogP contribution in [0, 0.1) is 49.3 Å². The van der Waals surface area contributed by atoms with Crippen molar-refractivity contribution in [2.75, 3.05) is 79.3 Å². The smallest absolute Gasteiger partial charge is 0.313 e. The lowest BCUT2D eigenvalue weighted by atomic mass is 10.2. The van der Waals surface area contributed by atoms with Crippen molar-refractivity contribution in [2.45, 2.75) is 7.43 Å². The molecule has 0 spiro atoms. The highest BCUT2D eigenvalue weighted by Crippen LogP contribution is 2.39. The molecular weight excluding hydrogens is 1070 g/mol. The maximum Gasteiger partial charge on any atom is 0.313 e. The average molecular weight is 1120 g/mol. The number of nitrogens with one attached hydrogen (secondary N) is 2. The zero-order chi connectivity index (χ0) is 57.8. The van der Waals surface area contributed by atoms with Crippen molar-refractivity contribution in [3.63, 3.8) is 0 Å². The zero-order valence-corrected chi connectivity index (χ0v) is 43.2. The number of hydrogen-bond donors (Lipinski definition) is 3. The van der Waals surface area contributed by atoms with Crippen LogP contribution in [0.1, 0.15) is 7.43 Å². The van der Waals surface area contributed by atoms with E-state index in [1.807, 2.05) is 38.0 Å². The number of hydrogen-bond acceptors (Lipinski definition) is 20. The summed E-state index contributed by atoms with van der Waals surface area (Å²) in [5.41, 5.74) is -1.83. The maximum atomic E-state index is 14.0. The number of rotatable bonds is 18. The van der Waals surface area contributed by atoms with Gasteiger partial charge in [-0.3, -0.25) is 39.0 Å². The van der Waals surface area contributed by atoms with Crippen molar-refractivity contribution in [1.29, 1.82) is 0 Å². The summed E-state index contributed by atoms with van der Waals surface area (Å²) >= 11 is 0. The van der Waals surface area contributed by atoms with Crippen LogP contribution in [0.4, 0.5) is 56.6 Å². The van der Waals surface area contributed by atoms with E-state index in [9.17, 15) is 51.8 Å². The van der Waals surface area contributed by atoms with E-state index in [1.165, 1.54) is 69.5 Å². The predicted molar refractivity (Wildman–Crippen MR) is 285 cm³/mol. The Bertz CT molecular complexity index is 3680. The van der Waals surface area contributed by atoms with Gasteiger partial charge in [0.2, 0.25) is 23.5 Å². The van der Waals surface area contributed by atoms with Crippen LogP contribution >= 0.6 is 0 Å². The summed E-state index contributed by atoms with van der Waals surface area (Å²) in [5, 5.41) is 37.3. The first-order chi connectivity index (χ1) is 37.5. The Morgan fingerprint density at radius 1 is 0.588 bits per heavy atom. The summed E-state index contributed by atoms with van der Waals surface area (Å²) in [5.74, 6) is -5.57. The maximum absolute atomic E-state index is 14.0. The van der Waals surface area contributed by atoms with Crippen molar-refractivity contribution in [3.8, 4) is 40.2 Å². The van der Waals surface area contributed by atoms with Gasteiger partial charge < -0.3 is 49.2 Å². The van der Waals surface area contributed by atoms with Crippen LogP contribution in [0.5, 0.6) is 40.2 Å². The highest BCUT2D eigenvalue weighted by Gasteiger charge is 2.23. The van der Waals surface area contributed by atoms with Crippen molar-refractivity contribution in [1.82, 2.24) is 38.9 Å². The van der Waals surface area contributed by atoms with Crippen molar-refractivity contribution in [2.24, 2.45) is 14.1 Å². The number of aryl methyl sites for hydroxylation is 2. The lowest BCUT2D eigenvalue weighted by molar-refractivity contribution is -0.387. The van der Waals surface area contributed by atoms with E-state index in [4.69, 9.17) is 28.8 Å². The number of nitrogens with zero attached hydrogens (tertiary/aromatic N) is 10. The first-order valence-corrected chi connectivity index (χ1v) is 23.0. The monoisotopic (exact) mass is 1120 g/mol. The van der Waals surface area contributed by atoms with E-state index in [1.54, 1.807) is 0 Å². The van der Waals surface area contributed by atoms with Gasteiger partial charge in [-0.1, -0.05) is 7.43 Å². The second-order valence-corrected chi connectivity index (χ2v) is 17.0. The minimum atomic E-state index is -1.08. The molecule has 0 amide bonds. The summed E-state index contributed by atoms with van der Waals surface area (Å²) in [6.07, 6.45) is 2.71. The normalized spacial score (nSPS) is 10.8. The van der Waals surface area contributed by atoms with Crippen LogP contribution in [-0.2, 0) is 14.1 Å². The second kappa shape index (κ2) is 27.1. The van der Waals surface area contributed by atoms with Gasteiger partial charge >= 0.3 is 11.4 Å². The molecule has 4 heterocycles. The molecule has 0 unspecified atom stereocenters. The zero-order valence-electron chi connectivity index (χ0n) is 43.2. The Morgan fingerprint density at radius 3 is 1.41 bits per heavy atom. The van der Waals surface area contributed by atoms with Crippen LogP contribution in [0.15, 0.2) is 94.8 Å². The molecule has 424 valence electrons. The van der Waals surface area contributed by atoms with E-state index in [0.29, 0.717) is 29.4 Å². The Balaban J connectivity index is 0.000000265. The minimum absolute atomic E-state index is 0. The third kappa shape index (κ3) is 15.1. The lowest BCUT2D eigenvalue weighted by Crippen LogP contribution is -2.20. The first-order valence-electron chi connectivity index (χ1n) is 23.0. The molecule has 4 aromatic carbocycles. The lowest BCUT2D eigenvalue weighted by Gasteiger charge is -2.15. The summed E-state index contributed by atoms with van der Waals surface area (Å²) in [4.78, 5) is 67.6. The van der Waals surface area contributed by atoms with Gasteiger partial charge in [-0.05, 0) is 64.6 Å². The number of anilines is 4. The molecule has 29 heteroatoms. The van der Waals surface area contributed by atoms with E-state index in [0.717, 1.165) is 47.5 Å². The number of aliphatic hydroxyl groups excluding tert-OH is 1. The molecule has 0 radical (unpaired) electrons. The number of aromatic nitrogens is 6. The largest absolute Gasteiger partial charge is 0.494 e. The molecule has 8 aromatic rings. The number of aliphatic hydroxyl groups is 1. The fourth-order valence-electron chi connectivity index (χ4n) is 6.86. The topological polar surface area (TPSA) is 279 Å². The quantitative estimate of drug-likeness (QED) is 0.0413. The second-order valence-electron chi connectivity index (χ2n) is 17.0. The van der Waals surface area contributed by atoms with Gasteiger partial charge in [0.25, 0.3) is 11.1 Å². The molecule has 8 rings (SSSR count). The molecule has 0 aliphatic carbocycles. The van der Waals surface area contributed by atoms with Crippen LogP contribution in [0.3, 0.4) is 0 Å². The number of nitro benzene ring substituents is 2. The summed E-state index contributed by atoms with van der Waals surface area (Å²) < 4.78 is 97.2. The minimum Gasteiger partial charge on any atom is -0.494 e. The molecule has 0 aliphatic rings. The van der Waals surface area contributed by atoms with Gasteiger partial charge in [0.15, 0.2) is 34.6 Å². The van der Waals surface area contributed by atoms with Crippen LogP contribution in [-0.4, -0.2) is 123 Å². The van der Waals surface area contributed by atoms with Gasteiger partial charge in [0.05, 0.1) is 42.0 Å². The first kappa shape index (κ1) is 61.2. The molecule has 0 bridgehead atoms. The summed E-state index contributed by atoms with van der Waals surface area (Å²) in [7, 11) is 13.0. The number of likely N-dealkylation sites (N-methyl/N-ethyl adjacent to an activating group) is 2. The summed E-state index contributed by atoms with van der Waals surface area (Å²) in [6, 6.07) is 12.4. The molecule has 80 heavy (non-hydrogen) atoms. The number of pyridine rings is 2. The van der Waals surface area contributed by atoms with E-state index >= 15 is 0 Å². The molecule has 24 nitrogen and oxygen atoms in total. The molecule has 4 aromatic heterocycles. The number of halogens is 5. The van der Waals surface area contributed by atoms with Gasteiger partial charge in [-0.2, -0.15) is 14.4 Å². The average Bonchev–Trinajstić information content (AvgIpc) is 3.45. The molecule has 0 aliphatic heterocycles. The van der Waals surface area contributed by atoms with E-state index < -0.39 is 55.7 Å². The number of nitro groups is 2. The number of fused-ring (bicyclic) bond motifs is 2. The fraction of sp³-hybridized carbons (Fsp3) is 0.255. The van der Waals surface area contributed by atoms with Gasteiger partial charge in [-0.25, -0.2) is 27.5 Å². The van der Waals surface area contributed by atoms with Crippen molar-refractivity contribution in [3.05, 3.63) is 155 Å². The highest BCUT2D eigenvalue weighted by molar-refractivity contribution is 5.79. The molecule has 0 saturated carbocycles. The van der Waals surface area contributed by atoms with E-state index in [-0.39, 0.29) is 101 Å². The standard InChI is InChI=1S/C25H24F2N6O6.C21H14F3N5O5.C4H11NO.CH4/c1-31(2)7-8-38-21-12-20(37-4)17(11-18(21)33(35)36)29-25-28-13-14-9-22(24(34)32(3)23(14)30-25)39-19-6-5-15(26)10-16(19)27;1-28-19-10(5-18(20(28)30)34-16-4-3-11(22)6-13(16)24)9-25-21(27-19)26-14-8-15(29(31)32)12(23)7-17(14)33-2;1-5(2)3-4-6;/h5-6,9-13H,7-8H2,1-4H3,(H,28,29,30);3-9H,1-2H3,(H,25,26,27);6H,3-4H2,1-2H3;1H4. The Morgan fingerprint density at radius 2 is 1.02 bits per heavy atom. The number of ether oxygens (including phenoxy) is 5. The molecule has 3 N–H and O–H groups in total. The molecule has 0 atom stereocenters. The van der Waals surface area contributed by atoms with Crippen LogP contribution in [0.2, 0.25) is 0 Å². The van der Waals surface area contributed by atoms with Gasteiger partial charge in [-0.15, -0.1) is 0 Å². The molecular formula is C51H53F5N12O12. The van der Waals surface area contributed by atoms with Gasteiger partial charge in [0.1, 0.15) is 41.0 Å². The molecule has 0 fully saturated rings. The predicted octanol–water partition coefficient (Wildman–Crippen LogP) is 8.37. The third-order valence-corrected chi connectivity index (χ3v) is 10.8. The Kier molecular flexibility index (Phi) is 20.8. The van der Waals surface area contributed by atoms with Crippen LogP contribution < -0.4 is 45.4 Å². The Hall–Kier alpha value is -9.61. The number of benzene rings is 4. The highest BCUT2D eigenvalue weighted by atomic mass is 19.1. The molecule has 0 saturated heterocycles. The Labute approximate surface area is 451 Å². The van der Waals surface area contributed by atoms with Crippen LogP contribution in [0.25, 0.3) is 22.1 Å². The van der Waals surface area contributed by atoms with Gasteiger partial charge in [0, 0.05) is 86.7 Å². The van der Waals surface area contributed by atoms with Crippen molar-refractivity contribution < 1.29 is 60.6 Å². The number of methoxy groups -OCH3 is 2. The fourth-order valence-corrected chi connectivity index (χ4v) is 6.86. The third-order valence-electron chi connectivity index (χ3n) is 10.8.